The Bertz CT molecular complexity index is 84.9. The lowest BCUT2D eigenvalue weighted by atomic mass is 9.96. The lowest BCUT2D eigenvalue weighted by Gasteiger charge is -2.10. The minimum absolute atomic E-state index is 0. The van der Waals surface area contributed by atoms with E-state index in [1.807, 2.05) is 0 Å². The van der Waals surface area contributed by atoms with Gasteiger partial charge in [-0.2, -0.15) is 0 Å². The molecule has 0 aromatic carbocycles. The second-order valence-electron chi connectivity index (χ2n) is 2.61. The Morgan fingerprint density at radius 3 is 1.50 bits per heavy atom. The molecule has 0 spiro atoms. The quantitative estimate of drug-likeness (QED) is 0.622. The largest absolute Gasteiger partial charge is 0.369 e. The molecule has 0 aliphatic rings. The molecule has 0 atom stereocenters. The van der Waals surface area contributed by atoms with Crippen molar-refractivity contribution in [3.8, 4) is 0 Å². The van der Waals surface area contributed by atoms with Crippen LogP contribution in [0.3, 0.4) is 0 Å². The zero-order valence-corrected chi connectivity index (χ0v) is 7.72. The van der Waals surface area contributed by atoms with E-state index in [2.05, 4.69) is 0 Å². The number of hydrogen-bond acceptors (Lipinski definition) is 1. The van der Waals surface area contributed by atoms with Crippen molar-refractivity contribution >= 4 is 29.9 Å². The van der Waals surface area contributed by atoms with Gasteiger partial charge < -0.3 is 5.73 Å². The van der Waals surface area contributed by atoms with Crippen molar-refractivity contribution in [2.75, 3.05) is 0 Å². The lowest BCUT2D eigenvalue weighted by molar-refractivity contribution is -0.125. The van der Waals surface area contributed by atoms with Crippen LogP contribution in [0.4, 0.5) is 0 Å². The number of primary amides is 1. The van der Waals surface area contributed by atoms with E-state index < -0.39 is 0 Å². The van der Waals surface area contributed by atoms with Gasteiger partial charge in [0.15, 0.2) is 0 Å². The first-order valence-electron chi connectivity index (χ1n) is 2.24. The lowest BCUT2D eigenvalue weighted by Crippen LogP contribution is -2.27. The molecule has 0 bridgehead atoms. The summed E-state index contributed by atoms with van der Waals surface area (Å²) in [6, 6.07) is 0. The molecule has 0 aromatic rings. The summed E-state index contributed by atoms with van der Waals surface area (Å²) in [7, 11) is 0. The van der Waals surface area contributed by atoms with Gasteiger partial charge in [-0.25, -0.2) is 0 Å². The molecule has 0 fully saturated rings. The molecule has 0 heterocycles. The maximum Gasteiger partial charge on any atom is 0.222 e. The molecule has 2 nitrogen and oxygen atoms in total. The fourth-order valence-corrected chi connectivity index (χ4v) is 0. The smallest absolute Gasteiger partial charge is 0.222 e. The first-order valence-corrected chi connectivity index (χ1v) is 2.24. The summed E-state index contributed by atoms with van der Waals surface area (Å²) < 4.78 is 0. The van der Waals surface area contributed by atoms with Gasteiger partial charge in [-0.05, 0) is 0 Å². The first kappa shape index (κ1) is 11.1. The zero-order valence-electron chi connectivity index (χ0n) is 5.39. The topological polar surface area (TPSA) is 43.1 Å². The molecule has 0 rings (SSSR count). The highest BCUT2D eigenvalue weighted by Crippen LogP contribution is 2.09. The average molecular weight is 229 g/mol. The predicted octanol–water partition coefficient (Wildman–Crippen LogP) is 1.14. The molecule has 0 radical (unpaired) electrons. The van der Waals surface area contributed by atoms with E-state index >= 15 is 0 Å². The van der Waals surface area contributed by atoms with E-state index in [0.29, 0.717) is 0 Å². The average Bonchev–Trinajstić information content (AvgIpc) is 1.31. The molecule has 1 amide bonds. The monoisotopic (exact) mass is 229 g/mol. The third kappa shape index (κ3) is 4.36. The van der Waals surface area contributed by atoms with Gasteiger partial charge in [-0.3, -0.25) is 4.79 Å². The van der Waals surface area contributed by atoms with Crippen LogP contribution in [0, 0.1) is 5.41 Å². The van der Waals surface area contributed by atoms with Crippen molar-refractivity contribution in [2.45, 2.75) is 20.8 Å². The van der Waals surface area contributed by atoms with Crippen LogP contribution in [-0.2, 0) is 4.79 Å². The van der Waals surface area contributed by atoms with E-state index in [0.717, 1.165) is 0 Å². The van der Waals surface area contributed by atoms with E-state index in [-0.39, 0.29) is 35.3 Å². The number of halogens is 1. The second-order valence-corrected chi connectivity index (χ2v) is 2.61. The molecule has 8 heavy (non-hydrogen) atoms. The van der Waals surface area contributed by atoms with Crippen LogP contribution >= 0.6 is 24.0 Å². The van der Waals surface area contributed by atoms with Gasteiger partial charge in [0.25, 0.3) is 0 Å². The molecule has 0 aliphatic carbocycles. The van der Waals surface area contributed by atoms with Crippen molar-refractivity contribution in [3.63, 3.8) is 0 Å². The normalized spacial score (nSPS) is 9.88. The van der Waals surface area contributed by atoms with Crippen LogP contribution in [0.1, 0.15) is 20.8 Å². The summed E-state index contributed by atoms with van der Waals surface area (Å²) in [5.41, 5.74) is 4.57. The Morgan fingerprint density at radius 2 is 1.50 bits per heavy atom. The summed E-state index contributed by atoms with van der Waals surface area (Å²) >= 11 is 0. The van der Waals surface area contributed by atoms with Crippen LogP contribution in [0.5, 0.6) is 0 Å². The number of nitrogens with two attached hydrogens (primary N) is 1. The Hall–Kier alpha value is 0.200. The van der Waals surface area contributed by atoms with Gasteiger partial charge >= 0.3 is 0 Å². The van der Waals surface area contributed by atoms with Gasteiger partial charge in [-0.15, -0.1) is 24.0 Å². The molecular formula is C5H12INO. The van der Waals surface area contributed by atoms with Gasteiger partial charge in [0.05, 0.1) is 0 Å². The minimum atomic E-state index is -0.361. The number of rotatable bonds is 0. The van der Waals surface area contributed by atoms with Gasteiger partial charge in [0.1, 0.15) is 0 Å². The maximum atomic E-state index is 10.2. The number of carbonyl (C=O) groups is 1. The van der Waals surface area contributed by atoms with Crippen LogP contribution in [0.2, 0.25) is 0 Å². The Balaban J connectivity index is 0. The minimum Gasteiger partial charge on any atom is -0.369 e. The van der Waals surface area contributed by atoms with Crippen LogP contribution in [0.25, 0.3) is 0 Å². The maximum absolute atomic E-state index is 10.2. The van der Waals surface area contributed by atoms with Crippen molar-refractivity contribution in [2.24, 2.45) is 11.1 Å². The molecule has 50 valence electrons. The molecular weight excluding hydrogens is 217 g/mol. The third-order valence-corrected chi connectivity index (χ3v) is 0.739. The van der Waals surface area contributed by atoms with E-state index in [4.69, 9.17) is 5.73 Å². The number of carbonyl (C=O) groups excluding carboxylic acids is 1. The fraction of sp³-hybridized carbons (Fsp3) is 0.800. The Kier molecular flexibility index (Phi) is 4.52. The van der Waals surface area contributed by atoms with E-state index in [1.54, 1.807) is 20.8 Å². The summed E-state index contributed by atoms with van der Waals surface area (Å²) in [6.07, 6.45) is 0. The van der Waals surface area contributed by atoms with Crippen molar-refractivity contribution in [1.29, 1.82) is 0 Å². The van der Waals surface area contributed by atoms with E-state index in [1.165, 1.54) is 0 Å². The molecule has 3 heteroatoms. The van der Waals surface area contributed by atoms with E-state index in [9.17, 15) is 4.79 Å². The van der Waals surface area contributed by atoms with Crippen molar-refractivity contribution < 1.29 is 4.79 Å². The molecule has 2 N–H and O–H groups in total. The van der Waals surface area contributed by atoms with Crippen molar-refractivity contribution in [3.05, 3.63) is 0 Å². The van der Waals surface area contributed by atoms with Gasteiger partial charge in [-0.1, -0.05) is 20.8 Å². The van der Waals surface area contributed by atoms with Crippen LogP contribution < -0.4 is 5.73 Å². The highest BCUT2D eigenvalue weighted by atomic mass is 127. The molecule has 0 aromatic heterocycles. The van der Waals surface area contributed by atoms with Gasteiger partial charge in [0, 0.05) is 5.41 Å². The number of amides is 1. The molecule has 0 saturated carbocycles. The second kappa shape index (κ2) is 3.27. The zero-order chi connectivity index (χ0) is 6.08. The summed E-state index contributed by atoms with van der Waals surface area (Å²) in [4.78, 5) is 10.2. The highest BCUT2D eigenvalue weighted by molar-refractivity contribution is 14.0. The van der Waals surface area contributed by atoms with Gasteiger partial charge in [0.2, 0.25) is 5.91 Å². The number of hydrogen-bond donors (Lipinski definition) is 1. The molecule has 0 saturated heterocycles. The molecule has 0 unspecified atom stereocenters. The SMILES string of the molecule is CC(C)(C)C(N)=O.I. The summed E-state index contributed by atoms with van der Waals surface area (Å²) in [6.45, 7) is 5.36. The Labute approximate surface area is 66.8 Å². The van der Waals surface area contributed by atoms with Crippen LogP contribution in [0.15, 0.2) is 0 Å². The fourth-order valence-electron chi connectivity index (χ4n) is 0. The summed E-state index contributed by atoms with van der Waals surface area (Å²) in [5.74, 6) is -0.257. The Morgan fingerprint density at radius 1 is 1.38 bits per heavy atom. The van der Waals surface area contributed by atoms with Crippen molar-refractivity contribution in [1.82, 2.24) is 0 Å². The first-order chi connectivity index (χ1) is 2.94. The summed E-state index contributed by atoms with van der Waals surface area (Å²) in [5, 5.41) is 0. The highest BCUT2D eigenvalue weighted by Gasteiger charge is 2.16. The predicted molar refractivity (Wildman–Crippen MR) is 44.1 cm³/mol. The standard InChI is InChI=1S/C5H11NO.HI/c1-5(2,3)4(6)7;/h1-3H3,(H2,6,7);1H. The molecule has 0 aliphatic heterocycles. The van der Waals surface area contributed by atoms with Crippen LogP contribution in [-0.4, -0.2) is 5.91 Å². The third-order valence-electron chi connectivity index (χ3n) is 0.739.